The lowest BCUT2D eigenvalue weighted by molar-refractivity contribution is -0.129. The van der Waals surface area contributed by atoms with Gasteiger partial charge in [0.25, 0.3) is 0 Å². The Balaban J connectivity index is 2.03. The molecule has 1 aromatic carbocycles. The monoisotopic (exact) mass is 276 g/mol. The third-order valence-corrected chi connectivity index (χ3v) is 3.32. The zero-order valence-corrected chi connectivity index (χ0v) is 11.9. The van der Waals surface area contributed by atoms with Crippen molar-refractivity contribution in [1.29, 1.82) is 0 Å². The summed E-state index contributed by atoms with van der Waals surface area (Å²) in [6.07, 6.45) is 0.557. The molecule has 1 atom stereocenters. The van der Waals surface area contributed by atoms with E-state index in [1.165, 1.54) is 4.90 Å². The molecule has 1 fully saturated rings. The molecule has 0 saturated carbocycles. The van der Waals surface area contributed by atoms with Gasteiger partial charge in [-0.2, -0.15) is 0 Å². The summed E-state index contributed by atoms with van der Waals surface area (Å²) in [5.74, 6) is -0.164. The molecule has 0 aromatic heterocycles. The number of hydrogen-bond acceptors (Lipinski definition) is 4. The van der Waals surface area contributed by atoms with Gasteiger partial charge in [-0.15, -0.1) is 0 Å². The zero-order chi connectivity index (χ0) is 14.5. The van der Waals surface area contributed by atoms with Crippen molar-refractivity contribution in [3.63, 3.8) is 0 Å². The predicted octanol–water partition coefficient (Wildman–Crippen LogP) is 2.05. The normalized spacial score (nSPS) is 18.4. The smallest absolute Gasteiger partial charge is 0.417 e. The van der Waals surface area contributed by atoms with Crippen molar-refractivity contribution in [3.8, 4) is 0 Å². The minimum atomic E-state index is -0.534. The predicted molar refractivity (Wildman–Crippen MR) is 75.2 cm³/mol. The number of carbonyl (C=O) groups is 2. The van der Waals surface area contributed by atoms with Crippen molar-refractivity contribution in [2.45, 2.75) is 18.9 Å². The largest absolute Gasteiger partial charge is 0.446 e. The third-order valence-electron chi connectivity index (χ3n) is 3.32. The van der Waals surface area contributed by atoms with Gasteiger partial charge in [0.1, 0.15) is 12.6 Å². The van der Waals surface area contributed by atoms with E-state index in [2.05, 4.69) is 0 Å². The lowest BCUT2D eigenvalue weighted by atomic mass is 10.1. The number of carbonyl (C=O) groups excluding carboxylic acids is 2. The Bertz CT molecular complexity index is 473. The number of imide groups is 1. The van der Waals surface area contributed by atoms with Crippen LogP contribution in [-0.4, -0.2) is 49.0 Å². The van der Waals surface area contributed by atoms with Crippen molar-refractivity contribution in [2.24, 2.45) is 0 Å². The first kappa shape index (κ1) is 14.5. The second-order valence-electron chi connectivity index (χ2n) is 5.17. The highest BCUT2D eigenvalue weighted by Crippen LogP contribution is 2.28. The van der Waals surface area contributed by atoms with Gasteiger partial charge in [0.15, 0.2) is 0 Å². The topological polar surface area (TPSA) is 49.9 Å². The number of hydrogen-bond donors (Lipinski definition) is 0. The Morgan fingerprint density at radius 1 is 1.35 bits per heavy atom. The van der Waals surface area contributed by atoms with E-state index in [1.807, 2.05) is 49.3 Å². The first-order valence-corrected chi connectivity index (χ1v) is 6.78. The van der Waals surface area contributed by atoms with E-state index in [-0.39, 0.29) is 18.6 Å². The van der Waals surface area contributed by atoms with Crippen LogP contribution < -0.4 is 0 Å². The van der Waals surface area contributed by atoms with Gasteiger partial charge >= 0.3 is 6.09 Å². The van der Waals surface area contributed by atoms with Gasteiger partial charge in [-0.3, -0.25) is 4.79 Å². The molecule has 108 valence electrons. The zero-order valence-electron chi connectivity index (χ0n) is 11.9. The molecule has 0 bridgehead atoms. The molecular formula is C15H20N2O3. The van der Waals surface area contributed by atoms with Gasteiger partial charge in [0, 0.05) is 6.42 Å². The van der Waals surface area contributed by atoms with Crippen molar-refractivity contribution in [1.82, 2.24) is 9.80 Å². The van der Waals surface area contributed by atoms with Crippen molar-refractivity contribution in [3.05, 3.63) is 35.9 Å². The van der Waals surface area contributed by atoms with E-state index in [0.29, 0.717) is 6.42 Å². The second kappa shape index (κ2) is 6.52. The summed E-state index contributed by atoms with van der Waals surface area (Å²) < 4.78 is 5.04. The summed E-state index contributed by atoms with van der Waals surface area (Å²) >= 11 is 0. The summed E-state index contributed by atoms with van der Waals surface area (Å²) in [4.78, 5) is 27.3. The molecule has 1 aliphatic rings. The highest BCUT2D eigenvalue weighted by Gasteiger charge is 2.38. The Morgan fingerprint density at radius 3 is 2.70 bits per heavy atom. The fraction of sp³-hybridized carbons (Fsp3) is 0.467. The molecular weight excluding hydrogens is 256 g/mol. The van der Waals surface area contributed by atoms with Crippen LogP contribution in [0.2, 0.25) is 0 Å². The molecule has 0 spiro atoms. The third kappa shape index (κ3) is 3.36. The lowest BCUT2D eigenvalue weighted by Gasteiger charge is -2.20. The maximum absolute atomic E-state index is 12.2. The molecule has 1 aromatic rings. The minimum absolute atomic E-state index is 0.164. The van der Waals surface area contributed by atoms with Crippen LogP contribution in [-0.2, 0) is 9.53 Å². The number of ether oxygens (including phenoxy) is 1. The van der Waals surface area contributed by atoms with Crippen LogP contribution in [0.4, 0.5) is 4.79 Å². The highest BCUT2D eigenvalue weighted by atomic mass is 16.6. The van der Waals surface area contributed by atoms with E-state index in [4.69, 9.17) is 4.74 Å². The quantitative estimate of drug-likeness (QED) is 0.826. The van der Waals surface area contributed by atoms with Crippen LogP contribution in [0.5, 0.6) is 0 Å². The van der Waals surface area contributed by atoms with Gasteiger partial charge in [-0.1, -0.05) is 30.3 Å². The molecule has 2 amide bonds. The first-order chi connectivity index (χ1) is 9.59. The van der Waals surface area contributed by atoms with Gasteiger partial charge in [-0.05, 0) is 32.6 Å². The van der Waals surface area contributed by atoms with Crippen LogP contribution in [0, 0.1) is 0 Å². The average molecular weight is 276 g/mol. The van der Waals surface area contributed by atoms with Crippen molar-refractivity contribution in [2.75, 3.05) is 27.2 Å². The van der Waals surface area contributed by atoms with Gasteiger partial charge in [0.2, 0.25) is 5.91 Å². The molecule has 0 aliphatic carbocycles. The van der Waals surface area contributed by atoms with Crippen LogP contribution in [0.1, 0.15) is 24.4 Å². The Kier molecular flexibility index (Phi) is 4.74. The number of rotatable bonds is 5. The summed E-state index contributed by atoms with van der Waals surface area (Å²) in [6.45, 7) is 1.06. The van der Waals surface area contributed by atoms with Gasteiger partial charge in [0.05, 0.1) is 0 Å². The van der Waals surface area contributed by atoms with Crippen molar-refractivity contribution >= 4 is 12.0 Å². The highest BCUT2D eigenvalue weighted by molar-refractivity contribution is 5.93. The molecule has 0 radical (unpaired) electrons. The Morgan fingerprint density at radius 2 is 2.05 bits per heavy atom. The van der Waals surface area contributed by atoms with Crippen LogP contribution in [0.25, 0.3) is 0 Å². The standard InChI is InChI=1S/C15H20N2O3/c1-16(2)10-6-9-14(18)17-13(11-20-15(17)19)12-7-4-3-5-8-12/h3-5,7-8,13H,6,9-11H2,1-2H3/t13-/m0/s1. The molecule has 0 N–H and O–H groups in total. The molecule has 5 nitrogen and oxygen atoms in total. The average Bonchev–Trinajstić information content (AvgIpc) is 2.81. The number of benzene rings is 1. The van der Waals surface area contributed by atoms with Gasteiger partial charge in [-0.25, -0.2) is 9.69 Å². The molecule has 20 heavy (non-hydrogen) atoms. The molecule has 0 unspecified atom stereocenters. The van der Waals surface area contributed by atoms with E-state index < -0.39 is 6.09 Å². The second-order valence-corrected chi connectivity index (χ2v) is 5.17. The molecule has 2 rings (SSSR count). The first-order valence-electron chi connectivity index (χ1n) is 6.78. The fourth-order valence-corrected chi connectivity index (χ4v) is 2.28. The Labute approximate surface area is 119 Å². The molecule has 1 heterocycles. The fourth-order valence-electron chi connectivity index (χ4n) is 2.28. The van der Waals surface area contributed by atoms with Crippen LogP contribution in [0.15, 0.2) is 30.3 Å². The maximum Gasteiger partial charge on any atom is 0.417 e. The van der Waals surface area contributed by atoms with Crippen LogP contribution >= 0.6 is 0 Å². The van der Waals surface area contributed by atoms with E-state index in [1.54, 1.807) is 0 Å². The minimum Gasteiger partial charge on any atom is -0.446 e. The molecule has 5 heteroatoms. The maximum atomic E-state index is 12.2. The molecule has 1 aliphatic heterocycles. The number of nitrogens with zero attached hydrogens (tertiary/aromatic N) is 2. The number of cyclic esters (lactones) is 1. The molecule has 1 saturated heterocycles. The van der Waals surface area contributed by atoms with E-state index in [0.717, 1.165) is 18.5 Å². The SMILES string of the molecule is CN(C)CCCC(=O)N1C(=O)OC[C@H]1c1ccccc1. The summed E-state index contributed by atoms with van der Waals surface area (Å²) in [6, 6.07) is 9.22. The number of amides is 2. The van der Waals surface area contributed by atoms with Crippen LogP contribution in [0.3, 0.4) is 0 Å². The van der Waals surface area contributed by atoms with Gasteiger partial charge < -0.3 is 9.64 Å². The summed E-state index contributed by atoms with van der Waals surface area (Å²) in [5, 5.41) is 0. The lowest BCUT2D eigenvalue weighted by Crippen LogP contribution is -2.34. The van der Waals surface area contributed by atoms with E-state index in [9.17, 15) is 9.59 Å². The Hall–Kier alpha value is -1.88. The van der Waals surface area contributed by atoms with E-state index >= 15 is 0 Å². The summed E-state index contributed by atoms with van der Waals surface area (Å²) in [7, 11) is 3.92. The summed E-state index contributed by atoms with van der Waals surface area (Å²) in [5.41, 5.74) is 0.930. The van der Waals surface area contributed by atoms with Crippen molar-refractivity contribution < 1.29 is 14.3 Å².